The molecule has 4 nitrogen and oxygen atoms in total. The summed E-state index contributed by atoms with van der Waals surface area (Å²) in [6.07, 6.45) is 9.26. The lowest BCUT2D eigenvalue weighted by atomic mass is 9.43. The van der Waals surface area contributed by atoms with Gasteiger partial charge in [-0.2, -0.15) is 0 Å². The van der Waals surface area contributed by atoms with E-state index in [-0.39, 0.29) is 29.5 Å². The number of carboxylic acids is 1. The lowest BCUT2D eigenvalue weighted by molar-refractivity contribution is -0.175. The number of hydrogen-bond donors (Lipinski definition) is 3. The van der Waals surface area contributed by atoms with Crippen LogP contribution in [0, 0.1) is 46.3 Å². The molecule has 0 bridgehead atoms. The second-order valence-electron chi connectivity index (χ2n) is 11.3. The number of aliphatic carboxylic acids is 1. The summed E-state index contributed by atoms with van der Waals surface area (Å²) in [4.78, 5) is 11.1. The maximum Gasteiger partial charge on any atom is 0.303 e. The number of fused-ring (bicyclic) bond motifs is 5. The minimum Gasteiger partial charge on any atom is -0.481 e. The molecule has 4 fully saturated rings. The molecule has 28 heavy (non-hydrogen) atoms. The van der Waals surface area contributed by atoms with E-state index in [0.29, 0.717) is 35.5 Å². The van der Waals surface area contributed by atoms with Gasteiger partial charge in [0, 0.05) is 6.42 Å². The zero-order valence-electron chi connectivity index (χ0n) is 17.9. The van der Waals surface area contributed by atoms with Crippen molar-refractivity contribution in [2.45, 2.75) is 97.2 Å². The van der Waals surface area contributed by atoms with Crippen LogP contribution in [-0.4, -0.2) is 33.5 Å². The molecule has 0 radical (unpaired) electrons. The van der Waals surface area contributed by atoms with Crippen molar-refractivity contribution in [2.24, 2.45) is 46.3 Å². The predicted molar refractivity (Wildman–Crippen MR) is 109 cm³/mol. The van der Waals surface area contributed by atoms with E-state index in [1.165, 1.54) is 19.3 Å². The van der Waals surface area contributed by atoms with Gasteiger partial charge in [0.25, 0.3) is 0 Å². The van der Waals surface area contributed by atoms with Crippen molar-refractivity contribution in [1.82, 2.24) is 0 Å². The summed E-state index contributed by atoms with van der Waals surface area (Å²) in [5.41, 5.74) is 0.216. The van der Waals surface area contributed by atoms with Crippen LogP contribution < -0.4 is 0 Å². The zero-order chi connectivity index (χ0) is 20.3. The lowest BCUT2D eigenvalue weighted by Crippen LogP contribution is -2.58. The van der Waals surface area contributed by atoms with E-state index in [9.17, 15) is 15.0 Å². The number of rotatable bonds is 4. The third-order valence-corrected chi connectivity index (χ3v) is 10.3. The molecule has 4 aliphatic carbocycles. The van der Waals surface area contributed by atoms with Crippen LogP contribution in [0.5, 0.6) is 0 Å². The molecule has 160 valence electrons. The first-order valence-corrected chi connectivity index (χ1v) is 11.8. The van der Waals surface area contributed by atoms with Crippen molar-refractivity contribution in [3.63, 3.8) is 0 Å². The van der Waals surface area contributed by atoms with E-state index in [1.807, 2.05) is 0 Å². The van der Waals surface area contributed by atoms with Crippen LogP contribution in [0.2, 0.25) is 0 Å². The molecule has 0 aliphatic heterocycles. The average molecular weight is 393 g/mol. The highest BCUT2D eigenvalue weighted by Crippen LogP contribution is 2.68. The Morgan fingerprint density at radius 2 is 1.79 bits per heavy atom. The highest BCUT2D eigenvalue weighted by atomic mass is 16.4. The number of aliphatic hydroxyl groups is 2. The highest BCUT2D eigenvalue weighted by molar-refractivity contribution is 5.66. The minimum atomic E-state index is -0.707. The fraction of sp³-hybridized carbons (Fsp3) is 0.958. The van der Waals surface area contributed by atoms with E-state index in [2.05, 4.69) is 20.8 Å². The second kappa shape index (κ2) is 7.27. The molecule has 10 atom stereocenters. The molecule has 0 amide bonds. The van der Waals surface area contributed by atoms with Crippen molar-refractivity contribution in [1.29, 1.82) is 0 Å². The topological polar surface area (TPSA) is 77.8 Å². The van der Waals surface area contributed by atoms with Crippen molar-refractivity contribution >= 4 is 5.97 Å². The van der Waals surface area contributed by atoms with Crippen LogP contribution in [0.4, 0.5) is 0 Å². The molecule has 3 N–H and O–H groups in total. The fourth-order valence-corrected chi connectivity index (χ4v) is 8.71. The molecule has 0 aromatic rings. The highest BCUT2D eigenvalue weighted by Gasteiger charge is 2.63. The van der Waals surface area contributed by atoms with E-state index in [0.717, 1.165) is 38.5 Å². The molecular weight excluding hydrogens is 352 g/mol. The van der Waals surface area contributed by atoms with Gasteiger partial charge in [-0.15, -0.1) is 0 Å². The number of carboxylic acid groups (broad SMARTS) is 1. The summed E-state index contributed by atoms with van der Waals surface area (Å²) in [5.74, 6) is 2.55. The van der Waals surface area contributed by atoms with Crippen LogP contribution in [0.25, 0.3) is 0 Å². The van der Waals surface area contributed by atoms with Gasteiger partial charge in [-0.3, -0.25) is 4.79 Å². The van der Waals surface area contributed by atoms with Crippen LogP contribution >= 0.6 is 0 Å². The maximum atomic E-state index is 11.5. The Balaban J connectivity index is 1.56. The molecular formula is C24H40O4. The first-order chi connectivity index (χ1) is 13.2. The summed E-state index contributed by atoms with van der Waals surface area (Å²) in [7, 11) is 0. The maximum absolute atomic E-state index is 11.5. The number of hydrogen-bond acceptors (Lipinski definition) is 3. The van der Waals surface area contributed by atoms with Gasteiger partial charge in [0.05, 0.1) is 12.2 Å². The third-order valence-electron chi connectivity index (χ3n) is 10.3. The van der Waals surface area contributed by atoms with Crippen molar-refractivity contribution < 1.29 is 20.1 Å². The SMILES string of the molecule is CC(CCC(=O)O)[C@H]1CCC2C3CCC4CC(O)CC[C@]4(C)C3CC(O)[C@@]21C. The standard InChI is InChI=1S/C24H40O4/c1-14(4-9-22(27)28)18-7-8-19-17-6-5-15-12-16(25)10-11-23(15,2)20(17)13-21(26)24(18,19)3/h14-21,25-26H,4-13H2,1-3H3,(H,27,28)/t14?,15?,16?,17?,18-,19?,20?,21?,23+,24-/m1/s1. The largest absolute Gasteiger partial charge is 0.481 e. The van der Waals surface area contributed by atoms with Crippen LogP contribution in [-0.2, 0) is 4.79 Å². The molecule has 0 heterocycles. The Morgan fingerprint density at radius 3 is 2.50 bits per heavy atom. The van der Waals surface area contributed by atoms with E-state index >= 15 is 0 Å². The molecule has 7 unspecified atom stereocenters. The van der Waals surface area contributed by atoms with Crippen LogP contribution in [0.15, 0.2) is 0 Å². The molecule has 4 rings (SSSR count). The molecule has 4 aliphatic rings. The summed E-state index contributed by atoms with van der Waals surface area (Å²) >= 11 is 0. The first kappa shape index (κ1) is 20.7. The number of aliphatic hydroxyl groups excluding tert-OH is 2. The van der Waals surface area contributed by atoms with Gasteiger partial charge in [-0.25, -0.2) is 0 Å². The molecule has 0 aromatic carbocycles. The second-order valence-corrected chi connectivity index (χ2v) is 11.3. The Morgan fingerprint density at radius 1 is 1.04 bits per heavy atom. The molecule has 4 saturated carbocycles. The van der Waals surface area contributed by atoms with E-state index in [1.54, 1.807) is 0 Å². The summed E-state index contributed by atoms with van der Waals surface area (Å²) < 4.78 is 0. The van der Waals surface area contributed by atoms with Gasteiger partial charge in [-0.05, 0) is 104 Å². The number of carbonyl (C=O) groups is 1. The zero-order valence-corrected chi connectivity index (χ0v) is 17.9. The van der Waals surface area contributed by atoms with Gasteiger partial charge in [0.1, 0.15) is 0 Å². The van der Waals surface area contributed by atoms with Crippen molar-refractivity contribution in [3.05, 3.63) is 0 Å². The van der Waals surface area contributed by atoms with Gasteiger partial charge in [-0.1, -0.05) is 20.8 Å². The monoisotopic (exact) mass is 392 g/mol. The minimum absolute atomic E-state index is 0.0591. The third kappa shape index (κ3) is 3.05. The van der Waals surface area contributed by atoms with E-state index in [4.69, 9.17) is 5.11 Å². The van der Waals surface area contributed by atoms with Gasteiger partial charge in [0.2, 0.25) is 0 Å². The lowest BCUT2D eigenvalue weighted by Gasteiger charge is -2.62. The predicted octanol–water partition coefficient (Wildman–Crippen LogP) is 4.48. The summed E-state index contributed by atoms with van der Waals surface area (Å²) in [6, 6.07) is 0. The van der Waals surface area contributed by atoms with Gasteiger partial charge in [0.15, 0.2) is 0 Å². The fourth-order valence-electron chi connectivity index (χ4n) is 8.71. The Bertz CT molecular complexity index is 605. The summed E-state index contributed by atoms with van der Waals surface area (Å²) in [5, 5.41) is 30.8. The van der Waals surface area contributed by atoms with Crippen LogP contribution in [0.1, 0.15) is 85.0 Å². The van der Waals surface area contributed by atoms with Crippen molar-refractivity contribution in [3.8, 4) is 0 Å². The average Bonchev–Trinajstić information content (AvgIpc) is 3.00. The quantitative estimate of drug-likeness (QED) is 0.659. The van der Waals surface area contributed by atoms with Crippen molar-refractivity contribution in [2.75, 3.05) is 0 Å². The van der Waals surface area contributed by atoms with Crippen LogP contribution in [0.3, 0.4) is 0 Å². The first-order valence-electron chi connectivity index (χ1n) is 11.8. The van der Waals surface area contributed by atoms with Gasteiger partial charge >= 0.3 is 5.97 Å². The molecule has 0 saturated heterocycles. The van der Waals surface area contributed by atoms with E-state index < -0.39 is 5.97 Å². The molecule has 4 heteroatoms. The molecule has 0 aromatic heterocycles. The summed E-state index contributed by atoms with van der Waals surface area (Å²) in [6.45, 7) is 6.99. The normalized spacial score (nSPS) is 51.7. The van der Waals surface area contributed by atoms with Gasteiger partial charge < -0.3 is 15.3 Å². The smallest absolute Gasteiger partial charge is 0.303 e. The Hall–Kier alpha value is -0.610. The molecule has 0 spiro atoms. The Kier molecular flexibility index (Phi) is 5.36. The Labute approximate surface area is 170 Å².